The zero-order valence-corrected chi connectivity index (χ0v) is 8.12. The standard InChI is InChI=1S/C7H8F2NO4P/c8-7(9)5-3-4(10)1-2-6(5)14-15(11,12)13/h1-3,7H,10H2,(H2,11,12,13)/p-2. The third kappa shape index (κ3) is 3.47. The summed E-state index contributed by atoms with van der Waals surface area (Å²) in [5, 5.41) is 0. The normalized spacial score (nSPS) is 11.8. The number of benzene rings is 1. The van der Waals surface area contributed by atoms with Gasteiger partial charge in [0.1, 0.15) is 13.6 Å². The molecule has 0 aliphatic carbocycles. The van der Waals surface area contributed by atoms with E-state index in [2.05, 4.69) is 4.52 Å². The van der Waals surface area contributed by atoms with Gasteiger partial charge in [-0.05, 0) is 18.2 Å². The third-order valence-corrected chi connectivity index (χ3v) is 1.90. The molecule has 0 fully saturated rings. The predicted octanol–water partition coefficient (Wildman–Crippen LogP) is 0.414. The number of hydrogen-bond donors (Lipinski definition) is 1. The molecule has 0 aliphatic rings. The van der Waals surface area contributed by atoms with Crippen LogP contribution in [0.4, 0.5) is 14.5 Å². The maximum atomic E-state index is 12.4. The molecule has 0 saturated heterocycles. The molecule has 1 aromatic carbocycles. The molecule has 84 valence electrons. The Morgan fingerprint density at radius 2 is 2.00 bits per heavy atom. The van der Waals surface area contributed by atoms with Gasteiger partial charge in [-0.25, -0.2) is 8.78 Å². The van der Waals surface area contributed by atoms with Gasteiger partial charge >= 0.3 is 0 Å². The van der Waals surface area contributed by atoms with Crippen LogP contribution in [0.5, 0.6) is 5.75 Å². The molecule has 0 saturated carbocycles. The van der Waals surface area contributed by atoms with Gasteiger partial charge in [-0.1, -0.05) is 0 Å². The van der Waals surface area contributed by atoms with Crippen LogP contribution in [0.3, 0.4) is 0 Å². The SMILES string of the molecule is Nc1ccc(OP(=O)([O-])[O-])c(C(F)F)c1. The van der Waals surface area contributed by atoms with Gasteiger partial charge < -0.3 is 24.6 Å². The van der Waals surface area contributed by atoms with Crippen molar-refractivity contribution < 1.29 is 27.7 Å². The number of anilines is 1. The smallest absolute Gasteiger partial charge is 0.267 e. The van der Waals surface area contributed by atoms with Crippen molar-refractivity contribution in [3.05, 3.63) is 23.8 Å². The lowest BCUT2D eigenvalue weighted by molar-refractivity contribution is -0.333. The minimum atomic E-state index is -5.34. The molecule has 8 heteroatoms. The molecular weight excluding hydrogens is 231 g/mol. The first-order valence-corrected chi connectivity index (χ1v) is 5.15. The van der Waals surface area contributed by atoms with E-state index in [0.29, 0.717) is 0 Å². The molecule has 1 rings (SSSR count). The Bertz CT molecular complexity index is 406. The summed E-state index contributed by atoms with van der Waals surface area (Å²) >= 11 is 0. The fourth-order valence-electron chi connectivity index (χ4n) is 0.941. The Morgan fingerprint density at radius 3 is 2.47 bits per heavy atom. The Hall–Kier alpha value is -1.17. The van der Waals surface area contributed by atoms with Crippen molar-refractivity contribution in [3.8, 4) is 5.75 Å². The van der Waals surface area contributed by atoms with Gasteiger partial charge in [0, 0.05) is 5.69 Å². The highest BCUT2D eigenvalue weighted by molar-refractivity contribution is 7.43. The van der Waals surface area contributed by atoms with Crippen LogP contribution < -0.4 is 20.0 Å². The largest absolute Gasteiger partial charge is 0.780 e. The monoisotopic (exact) mass is 237 g/mol. The van der Waals surface area contributed by atoms with Crippen LogP contribution in [0, 0.1) is 0 Å². The van der Waals surface area contributed by atoms with Gasteiger partial charge in [0.25, 0.3) is 6.43 Å². The van der Waals surface area contributed by atoms with Gasteiger partial charge in [0.15, 0.2) is 0 Å². The van der Waals surface area contributed by atoms with Crippen molar-refractivity contribution >= 4 is 13.5 Å². The van der Waals surface area contributed by atoms with Crippen LogP contribution in [0.25, 0.3) is 0 Å². The van der Waals surface area contributed by atoms with Crippen LogP contribution >= 0.6 is 7.82 Å². The third-order valence-electron chi connectivity index (χ3n) is 1.48. The summed E-state index contributed by atoms with van der Waals surface area (Å²) in [4.78, 5) is 20.5. The average molecular weight is 237 g/mol. The zero-order chi connectivity index (χ0) is 11.6. The van der Waals surface area contributed by atoms with E-state index in [1.165, 1.54) is 0 Å². The van der Waals surface area contributed by atoms with Crippen LogP contribution in [-0.4, -0.2) is 0 Å². The van der Waals surface area contributed by atoms with Crippen molar-refractivity contribution in [1.82, 2.24) is 0 Å². The molecular formula is C7H6F2NO4P-2. The topological polar surface area (TPSA) is 98.4 Å². The number of phosphoric acid groups is 1. The van der Waals surface area contributed by atoms with Gasteiger partial charge in [-0.2, -0.15) is 0 Å². The van der Waals surface area contributed by atoms with E-state index in [1.54, 1.807) is 0 Å². The number of hydrogen-bond acceptors (Lipinski definition) is 5. The Kier molecular flexibility index (Phi) is 3.28. The van der Waals surface area contributed by atoms with E-state index in [9.17, 15) is 23.1 Å². The number of nitrogens with two attached hydrogens (primary N) is 1. The molecule has 0 spiro atoms. The van der Waals surface area contributed by atoms with Crippen LogP contribution in [0.1, 0.15) is 12.0 Å². The maximum absolute atomic E-state index is 12.4. The predicted molar refractivity (Wildman–Crippen MR) is 44.0 cm³/mol. The number of phosphoric ester groups is 1. The quantitative estimate of drug-likeness (QED) is 0.606. The van der Waals surface area contributed by atoms with Crippen molar-refractivity contribution in [3.63, 3.8) is 0 Å². The summed E-state index contributed by atoms with van der Waals surface area (Å²) < 4.78 is 38.8. The number of halogens is 2. The van der Waals surface area contributed by atoms with Gasteiger partial charge in [0.05, 0.1) is 5.56 Å². The Balaban J connectivity index is 3.12. The molecule has 5 nitrogen and oxygen atoms in total. The molecule has 15 heavy (non-hydrogen) atoms. The first-order valence-electron chi connectivity index (χ1n) is 3.69. The molecule has 1 aromatic rings. The van der Waals surface area contributed by atoms with Crippen LogP contribution in [-0.2, 0) is 4.57 Å². The molecule has 0 amide bonds. The van der Waals surface area contributed by atoms with Crippen LogP contribution in [0.15, 0.2) is 18.2 Å². The summed E-state index contributed by atoms with van der Waals surface area (Å²) in [6, 6.07) is 2.89. The molecule has 0 atom stereocenters. The second kappa shape index (κ2) is 4.14. The number of nitrogen functional groups attached to an aromatic ring is 1. The van der Waals surface area contributed by atoms with Crippen molar-refractivity contribution in [1.29, 1.82) is 0 Å². The second-order valence-electron chi connectivity index (χ2n) is 2.64. The molecule has 0 aromatic heterocycles. The lowest BCUT2D eigenvalue weighted by atomic mass is 10.2. The first kappa shape index (κ1) is 11.9. The lowest BCUT2D eigenvalue weighted by Gasteiger charge is -2.30. The molecule has 0 unspecified atom stereocenters. The highest BCUT2D eigenvalue weighted by atomic mass is 31.2. The molecule has 0 radical (unpaired) electrons. The molecule has 0 bridgehead atoms. The fraction of sp³-hybridized carbons (Fsp3) is 0.143. The van der Waals surface area contributed by atoms with Crippen molar-refractivity contribution in [2.24, 2.45) is 0 Å². The number of rotatable bonds is 3. The summed E-state index contributed by atoms with van der Waals surface area (Å²) in [5.41, 5.74) is 4.50. The molecule has 0 heterocycles. The van der Waals surface area contributed by atoms with E-state index in [4.69, 9.17) is 5.73 Å². The van der Waals surface area contributed by atoms with E-state index >= 15 is 0 Å². The van der Waals surface area contributed by atoms with E-state index in [-0.39, 0.29) is 5.69 Å². The van der Waals surface area contributed by atoms with E-state index in [0.717, 1.165) is 18.2 Å². The summed E-state index contributed by atoms with van der Waals surface area (Å²) in [7, 11) is -5.34. The minimum Gasteiger partial charge on any atom is -0.780 e. The number of alkyl halides is 2. The molecule has 0 aliphatic heterocycles. The van der Waals surface area contributed by atoms with Crippen molar-refractivity contribution in [2.45, 2.75) is 6.43 Å². The van der Waals surface area contributed by atoms with E-state index < -0.39 is 25.6 Å². The summed E-state index contributed by atoms with van der Waals surface area (Å²) in [6.45, 7) is 0. The Labute approximate surface area is 83.7 Å². The highest BCUT2D eigenvalue weighted by Crippen LogP contribution is 2.37. The first-order chi connectivity index (χ1) is 6.79. The Morgan fingerprint density at radius 1 is 1.40 bits per heavy atom. The summed E-state index contributed by atoms with van der Waals surface area (Å²) in [5.74, 6) is -0.701. The summed E-state index contributed by atoms with van der Waals surface area (Å²) in [6.07, 6.45) is -2.98. The lowest BCUT2D eigenvalue weighted by Crippen LogP contribution is -2.19. The average Bonchev–Trinajstić information content (AvgIpc) is 2.05. The van der Waals surface area contributed by atoms with Crippen molar-refractivity contribution in [2.75, 3.05) is 5.73 Å². The minimum absolute atomic E-state index is 0.0179. The second-order valence-corrected chi connectivity index (χ2v) is 3.71. The van der Waals surface area contributed by atoms with Crippen LogP contribution in [0.2, 0.25) is 0 Å². The van der Waals surface area contributed by atoms with Gasteiger partial charge in [-0.3, -0.25) is 0 Å². The fourth-order valence-corrected chi connectivity index (χ4v) is 1.35. The van der Waals surface area contributed by atoms with Gasteiger partial charge in [0.2, 0.25) is 0 Å². The molecule has 2 N–H and O–H groups in total. The maximum Gasteiger partial charge on any atom is 0.267 e. The van der Waals surface area contributed by atoms with E-state index in [1.807, 2.05) is 0 Å². The zero-order valence-electron chi connectivity index (χ0n) is 7.22. The highest BCUT2D eigenvalue weighted by Gasteiger charge is 2.15. The van der Waals surface area contributed by atoms with Gasteiger partial charge in [-0.15, -0.1) is 0 Å².